The molecule has 1 aromatic carbocycles. The van der Waals surface area contributed by atoms with Crippen molar-refractivity contribution in [2.45, 2.75) is 24.9 Å². The summed E-state index contributed by atoms with van der Waals surface area (Å²) in [5.74, 6) is -6.73. The highest BCUT2D eigenvalue weighted by molar-refractivity contribution is 6.24. The van der Waals surface area contributed by atoms with Gasteiger partial charge in [0.1, 0.15) is 22.8 Å². The normalized spacial score (nSPS) is 26.1. The number of anilines is 1. The lowest BCUT2D eigenvalue weighted by Gasteiger charge is -2.45. The number of hydrogen-bond donors (Lipinski definition) is 6. The average molecular weight is 464 g/mol. The summed E-state index contributed by atoms with van der Waals surface area (Å²) in [4.78, 5) is 46.7. The molecule has 0 spiro atoms. The molecule has 0 fully saturated rings. The van der Waals surface area contributed by atoms with E-state index in [-0.39, 0.29) is 41.9 Å². The molecule has 5 rings (SSSR count). The highest BCUT2D eigenvalue weighted by atomic mass is 16.3. The van der Waals surface area contributed by atoms with E-state index in [1.54, 1.807) is 6.07 Å². The number of aromatic nitrogens is 2. The largest absolute Gasteiger partial charge is 0.511 e. The van der Waals surface area contributed by atoms with Gasteiger partial charge in [-0.3, -0.25) is 14.4 Å². The summed E-state index contributed by atoms with van der Waals surface area (Å²) in [7, 11) is 0. The Morgan fingerprint density at radius 1 is 1.12 bits per heavy atom. The molecular formula is C23H20N4O7. The van der Waals surface area contributed by atoms with E-state index in [2.05, 4.69) is 9.97 Å². The first-order valence-electron chi connectivity index (χ1n) is 10.5. The number of aliphatic hydroxyl groups is 3. The molecule has 0 saturated heterocycles. The number of rotatable bonds is 2. The third-order valence-electron chi connectivity index (χ3n) is 6.90. The minimum atomic E-state index is -2.61. The van der Waals surface area contributed by atoms with E-state index in [1.807, 2.05) is 0 Å². The average Bonchev–Trinajstić information content (AvgIpc) is 2.79. The number of Topliss-reactive ketones (excluding diaryl/α,β-unsaturated/α-hetero) is 2. The van der Waals surface area contributed by atoms with Crippen LogP contribution in [-0.4, -0.2) is 53.5 Å². The van der Waals surface area contributed by atoms with Gasteiger partial charge in [0.15, 0.2) is 17.2 Å². The molecule has 11 heteroatoms. The third kappa shape index (κ3) is 2.70. The summed E-state index contributed by atoms with van der Waals surface area (Å²) in [5.41, 5.74) is 7.99. The van der Waals surface area contributed by atoms with Crippen molar-refractivity contribution in [2.75, 3.05) is 5.73 Å². The maximum absolute atomic E-state index is 13.6. The molecule has 3 aliphatic rings. The van der Waals surface area contributed by atoms with Gasteiger partial charge >= 0.3 is 0 Å². The third-order valence-corrected chi connectivity index (χ3v) is 6.90. The van der Waals surface area contributed by atoms with Crippen molar-refractivity contribution in [3.8, 4) is 17.1 Å². The van der Waals surface area contributed by atoms with E-state index in [4.69, 9.17) is 11.5 Å². The number of ketones is 2. The molecular weight excluding hydrogens is 444 g/mol. The van der Waals surface area contributed by atoms with Crippen molar-refractivity contribution in [2.24, 2.45) is 17.6 Å². The maximum Gasteiger partial charge on any atom is 0.255 e. The Morgan fingerprint density at radius 3 is 2.44 bits per heavy atom. The number of allylic oxidation sites excluding steroid dienone is 2. The number of phenols is 1. The first kappa shape index (κ1) is 21.6. The second kappa shape index (κ2) is 7.12. The number of aliphatic hydroxyl groups excluding tert-OH is 2. The van der Waals surface area contributed by atoms with Gasteiger partial charge in [-0.2, -0.15) is 0 Å². The van der Waals surface area contributed by atoms with Gasteiger partial charge in [0, 0.05) is 35.9 Å². The second-order valence-electron chi connectivity index (χ2n) is 8.70. The van der Waals surface area contributed by atoms with Crippen molar-refractivity contribution in [1.82, 2.24) is 9.97 Å². The van der Waals surface area contributed by atoms with Gasteiger partial charge in [0.05, 0.1) is 11.3 Å². The van der Waals surface area contributed by atoms with Gasteiger partial charge in [-0.25, -0.2) is 9.97 Å². The van der Waals surface area contributed by atoms with E-state index in [0.29, 0.717) is 11.1 Å². The zero-order valence-corrected chi connectivity index (χ0v) is 17.6. The number of carbonyl (C=O) groups is 3. The number of carbonyl (C=O) groups excluding carboxylic acids is 3. The lowest BCUT2D eigenvalue weighted by Crippen LogP contribution is -2.57. The predicted molar refractivity (Wildman–Crippen MR) is 116 cm³/mol. The number of hydrogen-bond acceptors (Lipinski definition) is 10. The van der Waals surface area contributed by atoms with E-state index in [9.17, 15) is 34.8 Å². The standard InChI is InChI=1S/C23H20N4O7/c24-12-7-11(22-26-2-1-3-27-22)10-5-8-4-9-6-13(28)16(21(25)33)20(32)23(9,34)19(31)14(8)18(30)15(10)17(12)29/h1-3,7-9,28-29,31,34H,4-6,24H2,(H2,25,33)/t8?,9-,23-/m0/s1. The highest BCUT2D eigenvalue weighted by Crippen LogP contribution is 2.52. The Hall–Kier alpha value is -4.25. The Bertz CT molecular complexity index is 1370. The summed E-state index contributed by atoms with van der Waals surface area (Å²) in [6.07, 6.45) is 2.90. The lowest BCUT2D eigenvalue weighted by atomic mass is 9.60. The number of nitrogens with two attached hydrogens (primary N) is 2. The molecule has 3 aliphatic carbocycles. The Morgan fingerprint density at radius 2 is 1.79 bits per heavy atom. The number of aromatic hydroxyl groups is 1. The molecule has 34 heavy (non-hydrogen) atoms. The van der Waals surface area contributed by atoms with Gasteiger partial charge in [-0.1, -0.05) is 0 Å². The molecule has 0 radical (unpaired) electrons. The number of amides is 1. The van der Waals surface area contributed by atoms with Gasteiger partial charge < -0.3 is 31.9 Å². The van der Waals surface area contributed by atoms with Gasteiger partial charge in [0.25, 0.3) is 5.91 Å². The van der Waals surface area contributed by atoms with Crippen molar-refractivity contribution in [1.29, 1.82) is 0 Å². The highest BCUT2D eigenvalue weighted by Gasteiger charge is 2.59. The van der Waals surface area contributed by atoms with Gasteiger partial charge in [-0.05, 0) is 36.5 Å². The number of fused-ring (bicyclic) bond motifs is 3. The SMILES string of the molecule is NC(=O)C1=C(O)C[C@@H]2CC3Cc4c(-c5ncccn5)cc(N)c(O)c4C(=O)C3=C(O)[C@]2(O)C1=O. The minimum absolute atomic E-state index is 0.0309. The molecule has 174 valence electrons. The van der Waals surface area contributed by atoms with Crippen LogP contribution in [0.3, 0.4) is 0 Å². The summed E-state index contributed by atoms with van der Waals surface area (Å²) in [6.45, 7) is 0. The number of primary amides is 1. The fourth-order valence-electron chi connectivity index (χ4n) is 5.35. The summed E-state index contributed by atoms with van der Waals surface area (Å²) < 4.78 is 0. The van der Waals surface area contributed by atoms with Crippen LogP contribution < -0.4 is 11.5 Å². The van der Waals surface area contributed by atoms with E-state index < -0.39 is 57.8 Å². The van der Waals surface area contributed by atoms with Crippen molar-refractivity contribution >= 4 is 23.2 Å². The van der Waals surface area contributed by atoms with Crippen molar-refractivity contribution in [3.05, 3.63) is 58.3 Å². The Balaban J connectivity index is 1.72. The number of benzene rings is 1. The molecule has 0 bridgehead atoms. The van der Waals surface area contributed by atoms with Crippen molar-refractivity contribution < 1.29 is 34.8 Å². The number of phenolic OH excluding ortho intramolecular Hbond substituents is 1. The molecule has 1 amide bonds. The molecule has 11 nitrogen and oxygen atoms in total. The van der Waals surface area contributed by atoms with E-state index >= 15 is 0 Å². The summed E-state index contributed by atoms with van der Waals surface area (Å²) in [5, 5.41) is 43.2. The zero-order valence-electron chi connectivity index (χ0n) is 17.6. The van der Waals surface area contributed by atoms with Crippen LogP contribution in [0.25, 0.3) is 11.4 Å². The molecule has 1 unspecified atom stereocenters. The monoisotopic (exact) mass is 464 g/mol. The quantitative estimate of drug-likeness (QED) is 0.207. The lowest BCUT2D eigenvalue weighted by molar-refractivity contribution is -0.144. The smallest absolute Gasteiger partial charge is 0.255 e. The van der Waals surface area contributed by atoms with Crippen molar-refractivity contribution in [3.63, 3.8) is 0 Å². The van der Waals surface area contributed by atoms with Crippen LogP contribution in [0.4, 0.5) is 5.69 Å². The van der Waals surface area contributed by atoms with Crippen LogP contribution in [0.2, 0.25) is 0 Å². The Kier molecular flexibility index (Phi) is 4.52. The van der Waals surface area contributed by atoms with Crippen LogP contribution in [0, 0.1) is 11.8 Å². The second-order valence-corrected chi connectivity index (χ2v) is 8.70. The van der Waals surface area contributed by atoms with Crippen LogP contribution in [0.15, 0.2) is 47.2 Å². The molecule has 1 aromatic heterocycles. The molecule has 0 aliphatic heterocycles. The van der Waals surface area contributed by atoms with Crippen LogP contribution in [0.5, 0.6) is 5.75 Å². The molecule has 0 saturated carbocycles. The first-order valence-corrected chi connectivity index (χ1v) is 10.5. The zero-order chi connectivity index (χ0) is 24.5. The van der Waals surface area contributed by atoms with Gasteiger partial charge in [0.2, 0.25) is 5.78 Å². The maximum atomic E-state index is 13.6. The summed E-state index contributed by atoms with van der Waals surface area (Å²) >= 11 is 0. The van der Waals surface area contributed by atoms with Crippen LogP contribution >= 0.6 is 0 Å². The summed E-state index contributed by atoms with van der Waals surface area (Å²) in [6, 6.07) is 3.08. The fraction of sp³-hybridized carbons (Fsp3) is 0.261. The molecule has 3 atom stereocenters. The number of nitrogen functional groups attached to an aromatic ring is 1. The topological polar surface area (TPSA) is 210 Å². The minimum Gasteiger partial charge on any atom is -0.511 e. The van der Waals surface area contributed by atoms with E-state index in [0.717, 1.165) is 0 Å². The van der Waals surface area contributed by atoms with E-state index in [1.165, 1.54) is 18.5 Å². The Labute approximate surface area is 192 Å². The molecule has 1 heterocycles. The van der Waals surface area contributed by atoms with Crippen LogP contribution in [-0.2, 0) is 16.0 Å². The number of nitrogens with zero attached hydrogens (tertiary/aromatic N) is 2. The molecule has 8 N–H and O–H groups in total. The van der Waals surface area contributed by atoms with Gasteiger partial charge in [-0.15, -0.1) is 0 Å². The molecule has 2 aromatic rings. The predicted octanol–water partition coefficient (Wildman–Crippen LogP) is 0.620. The fourth-order valence-corrected chi connectivity index (χ4v) is 5.35. The first-order chi connectivity index (χ1) is 16.1. The van der Waals surface area contributed by atoms with Crippen LogP contribution in [0.1, 0.15) is 28.8 Å².